The Balaban J connectivity index is 1.76. The third kappa shape index (κ3) is 3.67. The molecular formula is C14H20O. The van der Waals surface area contributed by atoms with E-state index in [-0.39, 0.29) is 6.10 Å². The number of benzene rings is 1. The van der Waals surface area contributed by atoms with E-state index in [0.29, 0.717) is 0 Å². The minimum Gasteiger partial charge on any atom is -0.393 e. The van der Waals surface area contributed by atoms with Crippen molar-refractivity contribution in [2.45, 2.75) is 45.1 Å². The lowest BCUT2D eigenvalue weighted by atomic mass is 10.0. The molecule has 0 bridgehead atoms. The molecule has 0 amide bonds. The van der Waals surface area contributed by atoms with Crippen LogP contribution in [0.3, 0.4) is 0 Å². The molecule has 0 aromatic heterocycles. The van der Waals surface area contributed by atoms with Crippen molar-refractivity contribution >= 4 is 0 Å². The second-order valence-electron chi connectivity index (χ2n) is 4.86. The molecule has 0 aliphatic heterocycles. The maximum absolute atomic E-state index is 9.79. The molecule has 1 nitrogen and oxygen atoms in total. The van der Waals surface area contributed by atoms with Crippen LogP contribution in [0.5, 0.6) is 0 Å². The lowest BCUT2D eigenvalue weighted by Crippen LogP contribution is -2.08. The Labute approximate surface area is 92.1 Å². The second-order valence-corrected chi connectivity index (χ2v) is 4.86. The summed E-state index contributed by atoms with van der Waals surface area (Å²) in [5.41, 5.74) is 2.66. The number of hydrogen-bond donors (Lipinski definition) is 1. The van der Waals surface area contributed by atoms with Crippen molar-refractivity contribution < 1.29 is 5.11 Å². The highest BCUT2D eigenvalue weighted by atomic mass is 16.3. The minimum absolute atomic E-state index is 0.0852. The van der Waals surface area contributed by atoms with Crippen LogP contribution in [0.1, 0.15) is 36.8 Å². The van der Waals surface area contributed by atoms with Gasteiger partial charge < -0.3 is 5.11 Å². The smallest absolute Gasteiger partial charge is 0.0546 e. The van der Waals surface area contributed by atoms with E-state index < -0.39 is 0 Å². The summed E-state index contributed by atoms with van der Waals surface area (Å²) in [6.07, 6.45) is 5.53. The fraction of sp³-hybridized carbons (Fsp3) is 0.571. The van der Waals surface area contributed by atoms with E-state index in [0.717, 1.165) is 25.2 Å². The zero-order chi connectivity index (χ0) is 10.7. The predicted octanol–water partition coefficient (Wildman–Crippen LogP) is 3.09. The molecule has 1 fully saturated rings. The number of rotatable bonds is 5. The molecule has 1 atom stereocenters. The molecular weight excluding hydrogens is 184 g/mol. The van der Waals surface area contributed by atoms with Crippen LogP contribution in [0.25, 0.3) is 0 Å². The van der Waals surface area contributed by atoms with E-state index in [4.69, 9.17) is 0 Å². The summed E-state index contributed by atoms with van der Waals surface area (Å²) < 4.78 is 0. The van der Waals surface area contributed by atoms with Gasteiger partial charge in [-0.15, -0.1) is 0 Å². The molecule has 1 aromatic rings. The van der Waals surface area contributed by atoms with Crippen molar-refractivity contribution in [3.63, 3.8) is 0 Å². The number of aliphatic hydroxyl groups excluding tert-OH is 1. The van der Waals surface area contributed by atoms with Gasteiger partial charge >= 0.3 is 0 Å². The first-order valence-electron chi connectivity index (χ1n) is 5.97. The van der Waals surface area contributed by atoms with Gasteiger partial charge in [-0.3, -0.25) is 0 Å². The number of aryl methyl sites for hydroxylation is 2. The molecule has 0 heterocycles. The summed E-state index contributed by atoms with van der Waals surface area (Å²) in [7, 11) is 0. The predicted molar refractivity (Wildman–Crippen MR) is 62.8 cm³/mol. The topological polar surface area (TPSA) is 20.2 Å². The lowest BCUT2D eigenvalue weighted by Gasteiger charge is -2.09. The van der Waals surface area contributed by atoms with E-state index in [2.05, 4.69) is 31.2 Å². The molecule has 1 unspecified atom stereocenters. The van der Waals surface area contributed by atoms with Gasteiger partial charge in [-0.05, 0) is 37.7 Å². The van der Waals surface area contributed by atoms with Gasteiger partial charge in [0.25, 0.3) is 0 Å². The van der Waals surface area contributed by atoms with Gasteiger partial charge in [0.05, 0.1) is 6.10 Å². The van der Waals surface area contributed by atoms with Crippen molar-refractivity contribution in [1.82, 2.24) is 0 Å². The summed E-state index contributed by atoms with van der Waals surface area (Å²) in [5, 5.41) is 9.79. The fourth-order valence-corrected chi connectivity index (χ4v) is 2.06. The summed E-state index contributed by atoms with van der Waals surface area (Å²) in [6.45, 7) is 2.12. The molecule has 1 N–H and O–H groups in total. The van der Waals surface area contributed by atoms with Crippen molar-refractivity contribution in [2.75, 3.05) is 0 Å². The quantitative estimate of drug-likeness (QED) is 0.781. The molecule has 1 heteroatoms. The zero-order valence-electron chi connectivity index (χ0n) is 9.45. The molecule has 1 aliphatic carbocycles. The molecule has 0 radical (unpaired) electrons. The summed E-state index contributed by atoms with van der Waals surface area (Å²) >= 11 is 0. The monoisotopic (exact) mass is 204 g/mol. The molecule has 15 heavy (non-hydrogen) atoms. The van der Waals surface area contributed by atoms with Crippen LogP contribution in [0.15, 0.2) is 24.3 Å². The average molecular weight is 204 g/mol. The Morgan fingerprint density at radius 3 is 2.87 bits per heavy atom. The van der Waals surface area contributed by atoms with Crippen LogP contribution < -0.4 is 0 Å². The molecule has 1 aliphatic rings. The van der Waals surface area contributed by atoms with Crippen LogP contribution in [-0.4, -0.2) is 11.2 Å². The molecule has 2 rings (SSSR count). The van der Waals surface area contributed by atoms with Crippen LogP contribution >= 0.6 is 0 Å². The van der Waals surface area contributed by atoms with Gasteiger partial charge in [0.15, 0.2) is 0 Å². The van der Waals surface area contributed by atoms with E-state index in [1.54, 1.807) is 0 Å². The van der Waals surface area contributed by atoms with E-state index in [1.807, 2.05) is 0 Å². The van der Waals surface area contributed by atoms with Gasteiger partial charge in [-0.2, -0.15) is 0 Å². The first-order valence-corrected chi connectivity index (χ1v) is 5.97. The summed E-state index contributed by atoms with van der Waals surface area (Å²) in [6, 6.07) is 8.57. The molecule has 0 saturated heterocycles. The Hall–Kier alpha value is -0.820. The van der Waals surface area contributed by atoms with E-state index >= 15 is 0 Å². The van der Waals surface area contributed by atoms with Gasteiger partial charge in [-0.1, -0.05) is 42.7 Å². The maximum Gasteiger partial charge on any atom is 0.0546 e. The van der Waals surface area contributed by atoms with Crippen molar-refractivity contribution in [2.24, 2.45) is 5.92 Å². The van der Waals surface area contributed by atoms with Crippen molar-refractivity contribution in [3.8, 4) is 0 Å². The normalized spacial score (nSPS) is 17.7. The summed E-state index contributed by atoms with van der Waals surface area (Å²) in [5.74, 6) is 0.831. The van der Waals surface area contributed by atoms with Crippen molar-refractivity contribution in [3.05, 3.63) is 35.4 Å². The van der Waals surface area contributed by atoms with Crippen LogP contribution in [0.2, 0.25) is 0 Å². The van der Waals surface area contributed by atoms with Gasteiger partial charge in [0.2, 0.25) is 0 Å². The summed E-state index contributed by atoms with van der Waals surface area (Å²) in [4.78, 5) is 0. The first-order chi connectivity index (χ1) is 7.24. The highest BCUT2D eigenvalue weighted by molar-refractivity contribution is 5.22. The van der Waals surface area contributed by atoms with E-state index in [9.17, 15) is 5.11 Å². The fourth-order valence-electron chi connectivity index (χ4n) is 2.06. The Morgan fingerprint density at radius 2 is 2.20 bits per heavy atom. The maximum atomic E-state index is 9.79. The van der Waals surface area contributed by atoms with Crippen LogP contribution in [0.4, 0.5) is 0 Å². The van der Waals surface area contributed by atoms with Gasteiger partial charge in [-0.25, -0.2) is 0 Å². The standard InChI is InChI=1S/C14H20O/c1-11-3-2-4-12(9-11)7-8-14(15)10-13-5-6-13/h2-4,9,13-15H,5-8,10H2,1H3. The van der Waals surface area contributed by atoms with Crippen LogP contribution in [-0.2, 0) is 6.42 Å². The molecule has 1 saturated carbocycles. The first kappa shape index (κ1) is 10.7. The SMILES string of the molecule is Cc1cccc(CCC(O)CC2CC2)c1. The van der Waals surface area contributed by atoms with Gasteiger partial charge in [0, 0.05) is 0 Å². The Kier molecular flexibility index (Phi) is 3.42. The third-order valence-corrected chi connectivity index (χ3v) is 3.15. The van der Waals surface area contributed by atoms with Crippen LogP contribution in [0, 0.1) is 12.8 Å². The Bertz CT molecular complexity index is 315. The zero-order valence-corrected chi connectivity index (χ0v) is 9.45. The Morgan fingerprint density at radius 1 is 1.40 bits per heavy atom. The molecule has 1 aromatic carbocycles. The number of aliphatic hydroxyl groups is 1. The number of hydrogen-bond acceptors (Lipinski definition) is 1. The van der Waals surface area contributed by atoms with Crippen molar-refractivity contribution in [1.29, 1.82) is 0 Å². The highest BCUT2D eigenvalue weighted by Crippen LogP contribution is 2.34. The second kappa shape index (κ2) is 4.80. The highest BCUT2D eigenvalue weighted by Gasteiger charge is 2.24. The lowest BCUT2D eigenvalue weighted by molar-refractivity contribution is 0.148. The molecule has 82 valence electrons. The molecule has 0 spiro atoms. The third-order valence-electron chi connectivity index (χ3n) is 3.15. The van der Waals surface area contributed by atoms with E-state index in [1.165, 1.54) is 24.0 Å². The minimum atomic E-state index is -0.0852. The largest absolute Gasteiger partial charge is 0.393 e. The van der Waals surface area contributed by atoms with Gasteiger partial charge in [0.1, 0.15) is 0 Å². The average Bonchev–Trinajstić information content (AvgIpc) is 2.99.